The molecule has 9 nitrogen and oxygen atoms in total. The molecular weight excluding hydrogens is 598 g/mol. The molecule has 4 heterocycles. The second-order valence-corrected chi connectivity index (χ2v) is 12.6. The first-order valence-electron chi connectivity index (χ1n) is 15.1. The van der Waals surface area contributed by atoms with Crippen LogP contribution in [0.2, 0.25) is 0 Å². The second kappa shape index (κ2) is 13.1. The van der Waals surface area contributed by atoms with E-state index >= 15 is 0 Å². The number of amides is 2. The van der Waals surface area contributed by atoms with Gasteiger partial charge in [-0.25, -0.2) is 13.8 Å². The van der Waals surface area contributed by atoms with E-state index in [0.29, 0.717) is 41.9 Å². The third-order valence-corrected chi connectivity index (χ3v) is 9.48. The number of hydrogen-bond donors (Lipinski definition) is 3. The number of aliphatic hydroxyl groups is 1. The van der Waals surface area contributed by atoms with Crippen molar-refractivity contribution < 1.29 is 23.5 Å². The Morgan fingerprint density at radius 2 is 1.89 bits per heavy atom. The van der Waals surface area contributed by atoms with E-state index in [4.69, 9.17) is 0 Å². The molecule has 3 unspecified atom stereocenters. The lowest BCUT2D eigenvalue weighted by Gasteiger charge is -2.35. The summed E-state index contributed by atoms with van der Waals surface area (Å²) in [7, 11) is 0. The maximum Gasteiger partial charge on any atom is 0.254 e. The number of thiazole rings is 1. The Balaban J connectivity index is 1.31. The minimum atomic E-state index is -1.73. The number of rotatable bonds is 9. The van der Waals surface area contributed by atoms with Gasteiger partial charge in [0.05, 0.1) is 24.0 Å². The van der Waals surface area contributed by atoms with E-state index in [9.17, 15) is 23.5 Å². The molecule has 3 atom stereocenters. The van der Waals surface area contributed by atoms with Crippen molar-refractivity contribution in [3.05, 3.63) is 99.4 Å². The molecule has 2 aromatic heterocycles. The van der Waals surface area contributed by atoms with Gasteiger partial charge in [-0.1, -0.05) is 0 Å². The predicted octanol–water partition coefficient (Wildman–Crippen LogP) is 4.97. The van der Waals surface area contributed by atoms with Crippen molar-refractivity contribution in [1.29, 1.82) is 0 Å². The molecule has 12 heteroatoms. The lowest BCUT2D eigenvalue weighted by atomic mass is 9.93. The molecule has 0 bridgehead atoms. The number of carbonyl (C=O) groups excluding carboxylic acids is 2. The number of aromatic nitrogens is 3. The molecule has 2 aromatic carbocycles. The zero-order valence-corrected chi connectivity index (χ0v) is 25.6. The van der Waals surface area contributed by atoms with Crippen LogP contribution in [0.4, 0.5) is 8.78 Å². The number of hydrogen-bond acceptors (Lipinski definition) is 8. The van der Waals surface area contributed by atoms with Gasteiger partial charge in [-0.3, -0.25) is 19.6 Å². The molecule has 3 N–H and O–H groups in total. The Hall–Kier alpha value is -4.13. The van der Waals surface area contributed by atoms with Crippen molar-refractivity contribution in [3.8, 4) is 11.3 Å². The average Bonchev–Trinajstić information content (AvgIpc) is 3.82. The van der Waals surface area contributed by atoms with E-state index < -0.39 is 29.3 Å². The number of benzene rings is 2. The van der Waals surface area contributed by atoms with Gasteiger partial charge in [0, 0.05) is 59.2 Å². The SMILES string of the molecule is Cc1csc(C2CCCN2C(=O)c2cc(C(=O)NC(O)(CCc3cc(F)cc(F)c3)C3CCCN3)cc(-c3cnccn3)c2)n1. The topological polar surface area (TPSA) is 120 Å². The van der Waals surface area contributed by atoms with Crippen molar-refractivity contribution in [1.82, 2.24) is 30.5 Å². The molecule has 2 amide bonds. The summed E-state index contributed by atoms with van der Waals surface area (Å²) in [6.07, 6.45) is 7.80. The Kier molecular flexibility index (Phi) is 8.97. The quantitative estimate of drug-likeness (QED) is 0.223. The lowest BCUT2D eigenvalue weighted by molar-refractivity contribution is -0.0263. The summed E-state index contributed by atoms with van der Waals surface area (Å²) in [5, 5.41) is 20.8. The highest BCUT2D eigenvalue weighted by atomic mass is 32.1. The number of carbonyl (C=O) groups is 2. The maximum absolute atomic E-state index is 14.0. The highest BCUT2D eigenvalue weighted by Crippen LogP contribution is 2.35. The van der Waals surface area contributed by atoms with Crippen molar-refractivity contribution in [2.45, 2.75) is 63.3 Å². The third kappa shape index (κ3) is 6.92. The fourth-order valence-corrected chi connectivity index (χ4v) is 7.15. The van der Waals surface area contributed by atoms with Crippen LogP contribution < -0.4 is 10.6 Å². The van der Waals surface area contributed by atoms with Crippen LogP contribution in [0.1, 0.15) is 75.1 Å². The van der Waals surface area contributed by atoms with Crippen LogP contribution >= 0.6 is 11.3 Å². The fourth-order valence-electron chi connectivity index (χ4n) is 6.21. The lowest BCUT2D eigenvalue weighted by Crippen LogP contribution is -2.60. The number of nitrogens with one attached hydrogen (secondary N) is 2. The van der Waals surface area contributed by atoms with E-state index in [0.717, 1.165) is 36.0 Å². The first-order chi connectivity index (χ1) is 21.7. The Labute approximate surface area is 263 Å². The molecule has 6 rings (SSSR count). The van der Waals surface area contributed by atoms with E-state index in [-0.39, 0.29) is 30.4 Å². The van der Waals surface area contributed by atoms with Crippen LogP contribution in [0, 0.1) is 18.6 Å². The van der Waals surface area contributed by atoms with Gasteiger partial charge in [-0.15, -0.1) is 11.3 Å². The third-order valence-electron chi connectivity index (χ3n) is 8.42. The van der Waals surface area contributed by atoms with Crippen molar-refractivity contribution in [2.75, 3.05) is 13.1 Å². The summed E-state index contributed by atoms with van der Waals surface area (Å²) in [6.45, 7) is 3.15. The molecule has 2 saturated heterocycles. The van der Waals surface area contributed by atoms with Crippen LogP contribution in [-0.4, -0.2) is 61.6 Å². The van der Waals surface area contributed by atoms with Gasteiger partial charge in [0.15, 0.2) is 5.72 Å². The smallest absolute Gasteiger partial charge is 0.254 e. The number of nitrogens with zero attached hydrogens (tertiary/aromatic N) is 4. The highest BCUT2D eigenvalue weighted by molar-refractivity contribution is 7.09. The number of aryl methyl sites for hydroxylation is 2. The molecule has 2 aliphatic rings. The van der Waals surface area contributed by atoms with Gasteiger partial charge in [0.2, 0.25) is 0 Å². The molecule has 0 spiro atoms. The summed E-state index contributed by atoms with van der Waals surface area (Å²) in [5.41, 5.74) is 1.02. The van der Waals surface area contributed by atoms with Gasteiger partial charge in [0.1, 0.15) is 16.6 Å². The van der Waals surface area contributed by atoms with Crippen LogP contribution in [0.15, 0.2) is 60.4 Å². The minimum Gasteiger partial charge on any atom is -0.369 e. The summed E-state index contributed by atoms with van der Waals surface area (Å²) in [4.78, 5) is 42.9. The van der Waals surface area contributed by atoms with Crippen LogP contribution in [0.3, 0.4) is 0 Å². The molecule has 234 valence electrons. The number of halogens is 2. The molecule has 45 heavy (non-hydrogen) atoms. The van der Waals surface area contributed by atoms with Crippen molar-refractivity contribution in [2.24, 2.45) is 0 Å². The van der Waals surface area contributed by atoms with Crippen LogP contribution in [0.25, 0.3) is 11.3 Å². The summed E-state index contributed by atoms with van der Waals surface area (Å²) in [6, 6.07) is 7.45. The normalized spacial score (nSPS) is 19.4. The average molecular weight is 633 g/mol. The Bertz CT molecular complexity index is 1680. The van der Waals surface area contributed by atoms with Gasteiger partial charge < -0.3 is 20.6 Å². The molecule has 4 aromatic rings. The van der Waals surface area contributed by atoms with E-state index in [1.54, 1.807) is 23.2 Å². The molecular formula is C33H34F2N6O3S. The van der Waals surface area contributed by atoms with Crippen LogP contribution in [-0.2, 0) is 6.42 Å². The minimum absolute atomic E-state index is 0.0115. The van der Waals surface area contributed by atoms with Gasteiger partial charge >= 0.3 is 0 Å². The highest BCUT2D eigenvalue weighted by Gasteiger charge is 2.40. The Morgan fingerprint density at radius 1 is 1.09 bits per heavy atom. The van der Waals surface area contributed by atoms with Gasteiger partial charge in [-0.05, 0) is 81.5 Å². The maximum atomic E-state index is 14.0. The predicted molar refractivity (Wildman–Crippen MR) is 165 cm³/mol. The molecule has 2 aliphatic heterocycles. The molecule has 0 radical (unpaired) electrons. The number of likely N-dealkylation sites (tertiary alicyclic amines) is 1. The Morgan fingerprint density at radius 3 is 2.58 bits per heavy atom. The molecule has 2 fully saturated rings. The molecule has 0 aliphatic carbocycles. The van der Waals surface area contributed by atoms with Crippen LogP contribution in [0.5, 0.6) is 0 Å². The second-order valence-electron chi connectivity index (χ2n) is 11.7. The van der Waals surface area contributed by atoms with E-state index in [1.807, 2.05) is 12.3 Å². The zero-order chi connectivity index (χ0) is 31.6. The van der Waals surface area contributed by atoms with E-state index in [2.05, 4.69) is 25.6 Å². The monoisotopic (exact) mass is 632 g/mol. The van der Waals surface area contributed by atoms with Gasteiger partial charge in [0.25, 0.3) is 11.8 Å². The fraction of sp³-hybridized carbons (Fsp3) is 0.364. The first-order valence-corrected chi connectivity index (χ1v) is 15.9. The van der Waals surface area contributed by atoms with E-state index in [1.165, 1.54) is 41.9 Å². The standard InChI is InChI=1S/C33H34F2N6O3S/c1-20-19-45-31(39-20)28-4-3-11-41(28)32(43)24-15-22(27-18-36-9-10-37-27)14-23(16-24)30(42)40-33(44,29-5-2-8-38-29)7-6-21-12-25(34)17-26(35)13-21/h9-10,12-19,28-29,38,44H,2-8,11H2,1H3,(H,40,42). The summed E-state index contributed by atoms with van der Waals surface area (Å²) in [5.74, 6) is -2.24. The summed E-state index contributed by atoms with van der Waals surface area (Å²) < 4.78 is 27.7. The largest absolute Gasteiger partial charge is 0.369 e. The first kappa shape index (κ1) is 30.9. The molecule has 0 saturated carbocycles. The zero-order valence-electron chi connectivity index (χ0n) is 24.8. The van der Waals surface area contributed by atoms with Crippen molar-refractivity contribution in [3.63, 3.8) is 0 Å². The van der Waals surface area contributed by atoms with Gasteiger partial charge in [-0.2, -0.15) is 0 Å². The van der Waals surface area contributed by atoms with Crippen molar-refractivity contribution >= 4 is 23.2 Å². The summed E-state index contributed by atoms with van der Waals surface area (Å²) >= 11 is 1.53.